The molecule has 136 valence electrons. The Labute approximate surface area is 155 Å². The van der Waals surface area contributed by atoms with E-state index in [4.69, 9.17) is 5.26 Å². The number of fused-ring (bicyclic) bond motifs is 1. The van der Waals surface area contributed by atoms with E-state index in [9.17, 15) is 4.79 Å². The molecule has 1 aliphatic rings. The van der Waals surface area contributed by atoms with Crippen molar-refractivity contribution in [2.24, 2.45) is 5.92 Å². The monoisotopic (exact) mass is 361 g/mol. The van der Waals surface area contributed by atoms with Crippen LogP contribution in [-0.4, -0.2) is 33.3 Å². The van der Waals surface area contributed by atoms with E-state index in [-0.39, 0.29) is 5.56 Å². The van der Waals surface area contributed by atoms with Gasteiger partial charge < -0.3 is 10.2 Å². The van der Waals surface area contributed by atoms with Crippen molar-refractivity contribution in [2.75, 3.05) is 23.3 Å². The number of hydrogen-bond acceptors (Lipinski definition) is 7. The maximum atomic E-state index is 12.3. The van der Waals surface area contributed by atoms with Gasteiger partial charge in [0.25, 0.3) is 5.56 Å². The summed E-state index contributed by atoms with van der Waals surface area (Å²) < 4.78 is 0. The van der Waals surface area contributed by atoms with Crippen LogP contribution in [0.2, 0.25) is 0 Å². The molecule has 2 N–H and O–H groups in total. The Morgan fingerprint density at radius 1 is 1.22 bits per heavy atom. The molecule has 0 atom stereocenters. The molecule has 0 saturated carbocycles. The molecule has 0 amide bonds. The standard InChI is InChI=1S/C19H19N7O/c20-9-6-13-7-10-26(11-8-13)19-23-15-12-21-25-18(27)16(15)17(24-19)22-14-4-2-1-3-5-14/h1-5,12-13H,6-8,10-11H2,(H,25,27)(H,22,23,24). The van der Waals surface area contributed by atoms with Gasteiger partial charge in [0.2, 0.25) is 5.95 Å². The van der Waals surface area contributed by atoms with Gasteiger partial charge in [-0.1, -0.05) is 18.2 Å². The van der Waals surface area contributed by atoms with E-state index in [2.05, 4.69) is 36.5 Å². The summed E-state index contributed by atoms with van der Waals surface area (Å²) in [7, 11) is 0. The van der Waals surface area contributed by atoms with Gasteiger partial charge in [-0.15, -0.1) is 0 Å². The van der Waals surface area contributed by atoms with Gasteiger partial charge >= 0.3 is 0 Å². The molecule has 3 heterocycles. The third-order valence-electron chi connectivity index (χ3n) is 4.82. The molecule has 27 heavy (non-hydrogen) atoms. The van der Waals surface area contributed by atoms with Crippen LogP contribution >= 0.6 is 0 Å². The molecular weight excluding hydrogens is 342 g/mol. The number of anilines is 3. The van der Waals surface area contributed by atoms with E-state index in [1.54, 1.807) is 6.20 Å². The topological polar surface area (TPSA) is 111 Å². The second-order valence-electron chi connectivity index (χ2n) is 6.62. The third kappa shape index (κ3) is 3.58. The third-order valence-corrected chi connectivity index (χ3v) is 4.82. The molecule has 3 aromatic rings. The first-order valence-corrected chi connectivity index (χ1v) is 8.94. The van der Waals surface area contributed by atoms with Gasteiger partial charge in [-0.2, -0.15) is 15.3 Å². The van der Waals surface area contributed by atoms with E-state index in [1.165, 1.54) is 0 Å². The van der Waals surface area contributed by atoms with Gasteiger partial charge in [0.05, 0.1) is 12.3 Å². The van der Waals surface area contributed by atoms with Crippen molar-refractivity contribution in [3.63, 3.8) is 0 Å². The number of rotatable bonds is 4. The minimum absolute atomic E-state index is 0.329. The Hall–Kier alpha value is -3.47. The lowest BCUT2D eigenvalue weighted by atomic mass is 9.94. The summed E-state index contributed by atoms with van der Waals surface area (Å²) in [5.74, 6) is 1.46. The Balaban J connectivity index is 1.71. The Morgan fingerprint density at radius 3 is 2.74 bits per heavy atom. The van der Waals surface area contributed by atoms with Crippen molar-refractivity contribution in [3.05, 3.63) is 46.9 Å². The van der Waals surface area contributed by atoms with Gasteiger partial charge in [-0.05, 0) is 30.9 Å². The van der Waals surface area contributed by atoms with Crippen LogP contribution in [0.15, 0.2) is 41.3 Å². The van der Waals surface area contributed by atoms with Crippen LogP contribution < -0.4 is 15.8 Å². The van der Waals surface area contributed by atoms with Gasteiger partial charge in [0.15, 0.2) is 0 Å². The largest absolute Gasteiger partial charge is 0.341 e. The van der Waals surface area contributed by atoms with Gasteiger partial charge in [0, 0.05) is 25.2 Å². The van der Waals surface area contributed by atoms with Crippen LogP contribution in [0.5, 0.6) is 0 Å². The molecule has 2 aromatic heterocycles. The van der Waals surface area contributed by atoms with Gasteiger partial charge in [-0.25, -0.2) is 10.1 Å². The number of aromatic amines is 1. The van der Waals surface area contributed by atoms with Crippen molar-refractivity contribution >= 4 is 28.4 Å². The zero-order valence-corrected chi connectivity index (χ0v) is 14.7. The van der Waals surface area contributed by atoms with Gasteiger partial charge in [0.1, 0.15) is 16.7 Å². The number of nitrogens with one attached hydrogen (secondary N) is 2. The normalized spacial score (nSPS) is 14.9. The van der Waals surface area contributed by atoms with Gasteiger partial charge in [-0.3, -0.25) is 4.79 Å². The minimum atomic E-state index is -0.329. The molecule has 8 heteroatoms. The predicted molar refractivity (Wildman–Crippen MR) is 103 cm³/mol. The fourth-order valence-electron chi connectivity index (χ4n) is 3.35. The summed E-state index contributed by atoms with van der Waals surface area (Å²) in [6, 6.07) is 11.8. The minimum Gasteiger partial charge on any atom is -0.341 e. The summed E-state index contributed by atoms with van der Waals surface area (Å²) in [4.78, 5) is 23.6. The molecule has 0 radical (unpaired) electrons. The Bertz CT molecular complexity index is 1030. The number of benzene rings is 1. The van der Waals surface area contributed by atoms with Crippen LogP contribution in [0.1, 0.15) is 19.3 Å². The lowest BCUT2D eigenvalue weighted by Gasteiger charge is -2.31. The SMILES string of the molecule is N#CCC1CCN(c2nc(Nc3ccccc3)c3c(=O)[nH]ncc3n2)CC1. The number of piperidine rings is 1. The number of hydrogen-bond donors (Lipinski definition) is 2. The van der Waals surface area contributed by atoms with Crippen LogP contribution in [0.3, 0.4) is 0 Å². The van der Waals surface area contributed by atoms with Crippen LogP contribution in [0.25, 0.3) is 10.9 Å². The van der Waals surface area contributed by atoms with E-state index in [1.807, 2.05) is 30.3 Å². The summed E-state index contributed by atoms with van der Waals surface area (Å²) in [5.41, 5.74) is 1.01. The Kier molecular flexibility index (Phi) is 4.66. The van der Waals surface area contributed by atoms with E-state index >= 15 is 0 Å². The highest BCUT2D eigenvalue weighted by atomic mass is 16.1. The van der Waals surface area contributed by atoms with E-state index < -0.39 is 0 Å². The molecule has 0 unspecified atom stereocenters. The first kappa shape index (κ1) is 17.0. The first-order chi connectivity index (χ1) is 13.2. The zero-order chi connectivity index (χ0) is 18.6. The van der Waals surface area contributed by atoms with Crippen LogP contribution in [0, 0.1) is 17.2 Å². The summed E-state index contributed by atoms with van der Waals surface area (Å²) in [6.45, 7) is 1.58. The van der Waals surface area contributed by atoms with Crippen molar-refractivity contribution in [3.8, 4) is 6.07 Å². The Morgan fingerprint density at radius 2 is 2.00 bits per heavy atom. The lowest BCUT2D eigenvalue weighted by Crippen LogP contribution is -2.35. The van der Waals surface area contributed by atoms with Crippen LogP contribution in [-0.2, 0) is 0 Å². The van der Waals surface area contributed by atoms with Crippen molar-refractivity contribution < 1.29 is 0 Å². The van der Waals surface area contributed by atoms with Crippen LogP contribution in [0.4, 0.5) is 17.5 Å². The smallest absolute Gasteiger partial charge is 0.277 e. The maximum absolute atomic E-state index is 12.3. The highest BCUT2D eigenvalue weighted by Crippen LogP contribution is 2.27. The molecule has 1 aliphatic heterocycles. The molecule has 1 saturated heterocycles. The quantitative estimate of drug-likeness (QED) is 0.735. The number of para-hydroxylation sites is 1. The average Bonchev–Trinajstić information content (AvgIpc) is 2.69. The molecule has 0 bridgehead atoms. The molecule has 1 aromatic carbocycles. The summed E-state index contributed by atoms with van der Waals surface area (Å²) in [5, 5.41) is 18.8. The second kappa shape index (κ2) is 7.41. The predicted octanol–water partition coefficient (Wildman–Crippen LogP) is 2.59. The lowest BCUT2D eigenvalue weighted by molar-refractivity contribution is 0.409. The number of H-pyrrole nitrogens is 1. The number of aromatic nitrogens is 4. The van der Waals surface area contributed by atoms with Crippen molar-refractivity contribution in [1.29, 1.82) is 5.26 Å². The maximum Gasteiger partial charge on any atom is 0.277 e. The van der Waals surface area contributed by atoms with E-state index in [0.717, 1.165) is 31.6 Å². The summed E-state index contributed by atoms with van der Waals surface area (Å²) >= 11 is 0. The second-order valence-corrected chi connectivity index (χ2v) is 6.62. The molecular formula is C19H19N7O. The van der Waals surface area contributed by atoms with E-state index in [0.29, 0.717) is 35.0 Å². The highest BCUT2D eigenvalue weighted by Gasteiger charge is 2.22. The zero-order valence-electron chi connectivity index (χ0n) is 14.7. The molecule has 8 nitrogen and oxygen atoms in total. The fourth-order valence-corrected chi connectivity index (χ4v) is 3.35. The molecule has 0 spiro atoms. The number of nitrogens with zero attached hydrogens (tertiary/aromatic N) is 5. The first-order valence-electron chi connectivity index (χ1n) is 8.94. The number of nitriles is 1. The average molecular weight is 361 g/mol. The fraction of sp³-hybridized carbons (Fsp3) is 0.316. The van der Waals surface area contributed by atoms with Crippen molar-refractivity contribution in [2.45, 2.75) is 19.3 Å². The highest BCUT2D eigenvalue weighted by molar-refractivity contribution is 5.90. The molecule has 0 aliphatic carbocycles. The van der Waals surface area contributed by atoms with Crippen molar-refractivity contribution in [1.82, 2.24) is 20.2 Å². The molecule has 4 rings (SSSR count). The molecule has 1 fully saturated rings. The summed E-state index contributed by atoms with van der Waals surface area (Å²) in [6.07, 6.45) is 4.00.